The number of carbonyl (C=O) groups excluding carboxylic acids is 4. The van der Waals surface area contributed by atoms with E-state index in [0.717, 1.165) is 29.1 Å². The Hall–Kier alpha value is -5.04. The monoisotopic (exact) mass is 799 g/mol. The van der Waals surface area contributed by atoms with Crippen molar-refractivity contribution in [1.29, 1.82) is 0 Å². The van der Waals surface area contributed by atoms with E-state index in [1.165, 1.54) is 7.11 Å². The van der Waals surface area contributed by atoms with E-state index in [1.807, 2.05) is 115 Å². The van der Waals surface area contributed by atoms with Crippen molar-refractivity contribution in [3.63, 3.8) is 0 Å². The van der Waals surface area contributed by atoms with Crippen molar-refractivity contribution in [3.8, 4) is 0 Å². The number of alkyl carbamates (subject to hydrolysis) is 1. The molecule has 1 aromatic carbocycles. The molecule has 4 rings (SSSR count). The lowest BCUT2D eigenvalue weighted by Gasteiger charge is -2.38. The number of urea groups is 1. The van der Waals surface area contributed by atoms with Crippen molar-refractivity contribution in [3.05, 3.63) is 95.6 Å². The molecular formula is C45H65N7O6. The van der Waals surface area contributed by atoms with Gasteiger partial charge in [0.15, 0.2) is 0 Å². The van der Waals surface area contributed by atoms with Crippen LogP contribution < -0.4 is 16.0 Å². The van der Waals surface area contributed by atoms with Gasteiger partial charge in [-0.15, -0.1) is 0 Å². The minimum Gasteiger partial charge on any atom is -0.453 e. The zero-order valence-electron chi connectivity index (χ0n) is 35.8. The number of aliphatic hydroxyl groups excluding tert-OH is 1. The van der Waals surface area contributed by atoms with Gasteiger partial charge in [0.25, 0.3) is 0 Å². The fourth-order valence-corrected chi connectivity index (χ4v) is 7.61. The van der Waals surface area contributed by atoms with Crippen LogP contribution in [0.4, 0.5) is 9.59 Å². The van der Waals surface area contributed by atoms with Crippen molar-refractivity contribution in [1.82, 2.24) is 35.7 Å². The number of aromatic nitrogens is 2. The highest BCUT2D eigenvalue weighted by atomic mass is 16.5. The number of ether oxygens (including phenoxy) is 1. The molecule has 3 heterocycles. The van der Waals surface area contributed by atoms with Crippen molar-refractivity contribution in [2.75, 3.05) is 20.2 Å². The predicted octanol–water partition coefficient (Wildman–Crippen LogP) is 6.15. The van der Waals surface area contributed by atoms with E-state index in [1.54, 1.807) is 16.0 Å². The van der Waals surface area contributed by atoms with Crippen LogP contribution in [0.5, 0.6) is 0 Å². The quantitative estimate of drug-likeness (QED) is 0.119. The molecule has 4 N–H and O–H groups in total. The fraction of sp³-hybridized carbons (Fsp3) is 0.556. The molecule has 1 fully saturated rings. The number of nitrogens with zero attached hydrogens (tertiary/aromatic N) is 4. The molecule has 1 aliphatic heterocycles. The number of carbonyl (C=O) groups is 4. The van der Waals surface area contributed by atoms with Gasteiger partial charge in [0.2, 0.25) is 11.8 Å². The number of benzene rings is 1. The normalized spacial score (nSPS) is 16.5. The van der Waals surface area contributed by atoms with Crippen molar-refractivity contribution in [2.45, 2.75) is 130 Å². The van der Waals surface area contributed by atoms with Crippen LogP contribution in [0.3, 0.4) is 0 Å². The van der Waals surface area contributed by atoms with Gasteiger partial charge in [-0.3, -0.25) is 19.6 Å². The number of aliphatic hydroxyl groups is 1. The topological polar surface area (TPSA) is 166 Å². The highest BCUT2D eigenvalue weighted by Gasteiger charge is 2.44. The van der Waals surface area contributed by atoms with Crippen LogP contribution >= 0.6 is 0 Å². The predicted molar refractivity (Wildman–Crippen MR) is 225 cm³/mol. The molecule has 1 saturated heterocycles. The molecule has 316 valence electrons. The highest BCUT2D eigenvalue weighted by molar-refractivity contribution is 5.89. The van der Waals surface area contributed by atoms with Gasteiger partial charge in [-0.25, -0.2) is 9.59 Å². The number of pyridine rings is 2. The molecule has 3 aromatic rings. The summed E-state index contributed by atoms with van der Waals surface area (Å²) in [4.78, 5) is 67.1. The molecule has 2 aromatic heterocycles. The van der Waals surface area contributed by atoms with Crippen molar-refractivity contribution in [2.24, 2.45) is 10.8 Å². The third kappa shape index (κ3) is 13.3. The first kappa shape index (κ1) is 45.7. The van der Waals surface area contributed by atoms with Crippen LogP contribution in [-0.2, 0) is 27.3 Å². The van der Waals surface area contributed by atoms with Crippen LogP contribution in [0.25, 0.3) is 0 Å². The van der Waals surface area contributed by atoms with E-state index in [4.69, 9.17) is 4.74 Å². The van der Waals surface area contributed by atoms with E-state index in [-0.39, 0.29) is 24.3 Å². The number of rotatable bonds is 18. The zero-order chi connectivity index (χ0) is 42.6. The largest absolute Gasteiger partial charge is 0.453 e. The Bertz CT molecular complexity index is 1800. The summed E-state index contributed by atoms with van der Waals surface area (Å²) in [6.45, 7) is 16.5. The van der Waals surface area contributed by atoms with Crippen LogP contribution in [0.1, 0.15) is 103 Å². The molecule has 0 radical (unpaired) electrons. The summed E-state index contributed by atoms with van der Waals surface area (Å²) in [6, 6.07) is 17.9. The van der Waals surface area contributed by atoms with E-state index >= 15 is 0 Å². The Kier molecular flexibility index (Phi) is 16.2. The van der Waals surface area contributed by atoms with Gasteiger partial charge in [0.05, 0.1) is 31.5 Å². The molecule has 13 nitrogen and oxygen atoms in total. The van der Waals surface area contributed by atoms with E-state index < -0.39 is 53.1 Å². The summed E-state index contributed by atoms with van der Waals surface area (Å²) in [5.41, 5.74) is 2.23. The summed E-state index contributed by atoms with van der Waals surface area (Å²) in [7, 11) is 1.25. The summed E-state index contributed by atoms with van der Waals surface area (Å²) in [5.74, 6) is -0.596. The maximum atomic E-state index is 14.5. The van der Waals surface area contributed by atoms with Crippen molar-refractivity contribution < 1.29 is 29.0 Å². The Morgan fingerprint density at radius 3 is 2.19 bits per heavy atom. The number of hydrogen-bond donors (Lipinski definition) is 4. The molecule has 0 aliphatic carbocycles. The average Bonchev–Trinajstić information content (AvgIpc) is 3.50. The lowest BCUT2D eigenvalue weighted by atomic mass is 9.84. The van der Waals surface area contributed by atoms with Gasteiger partial charge in [0, 0.05) is 36.7 Å². The maximum absolute atomic E-state index is 14.5. The minimum atomic E-state index is -1.09. The molecule has 0 spiro atoms. The Morgan fingerprint density at radius 2 is 1.57 bits per heavy atom. The summed E-state index contributed by atoms with van der Waals surface area (Å²) in [5, 5.41) is 21.1. The second-order valence-electron chi connectivity index (χ2n) is 17.8. The lowest BCUT2D eigenvalue weighted by Crippen LogP contribution is -2.59. The second-order valence-corrected chi connectivity index (χ2v) is 17.8. The third-order valence-electron chi connectivity index (χ3n) is 10.7. The first-order valence-electron chi connectivity index (χ1n) is 20.4. The number of hydrogen-bond acceptors (Lipinski definition) is 8. The van der Waals surface area contributed by atoms with E-state index in [9.17, 15) is 24.3 Å². The first-order chi connectivity index (χ1) is 27.4. The SMILES string of the molecule is COC(=O)N[C@H](C(=O)N[C@@H](CCCC(C)c1ccccn1)C[C@H](O)[C@H](Cc1ccccc1)NC(=O)[C@@H](N1CCN(Cc2cccc(C)n2)C1=O)C(C)(C)C)C(C)(C)C. The molecule has 0 saturated carbocycles. The Balaban J connectivity index is 1.58. The van der Waals surface area contributed by atoms with Gasteiger partial charge in [-0.1, -0.05) is 97.4 Å². The Morgan fingerprint density at radius 1 is 0.862 bits per heavy atom. The van der Waals surface area contributed by atoms with Crippen LogP contribution in [0.2, 0.25) is 0 Å². The standard InChI is InChI=1S/C45H65N7O6/c1-30(35-23-13-14-24-46-35)17-15-21-33(48-40(54)38(44(3,4)5)50-42(56)58-9)28-37(53)36(27-32-19-11-10-12-20-32)49-41(55)39(45(6,7)8)52-26-25-51(43(52)57)29-34-22-16-18-31(2)47-34/h10-14,16,18-20,22-24,30,33,36-39,53H,15,17,21,25-29H2,1-9H3,(H,48,54)(H,49,55)(H,50,56)/t30?,33-,36-,37-,38+,39+/m0/s1. The van der Waals surface area contributed by atoms with Crippen LogP contribution in [0, 0.1) is 17.8 Å². The molecular weight excluding hydrogens is 735 g/mol. The van der Waals surface area contributed by atoms with E-state index in [0.29, 0.717) is 38.9 Å². The van der Waals surface area contributed by atoms with Crippen LogP contribution in [0.15, 0.2) is 72.9 Å². The Labute approximate surface area is 344 Å². The second kappa shape index (κ2) is 20.6. The van der Waals surface area contributed by atoms with Gasteiger partial charge in [-0.2, -0.15) is 0 Å². The molecule has 1 unspecified atom stereocenters. The number of amides is 5. The molecule has 5 amide bonds. The summed E-state index contributed by atoms with van der Waals surface area (Å²) < 4.78 is 4.83. The molecule has 0 bridgehead atoms. The number of nitrogens with one attached hydrogen (secondary N) is 3. The van der Waals surface area contributed by atoms with Gasteiger partial charge >= 0.3 is 12.1 Å². The van der Waals surface area contributed by atoms with Crippen molar-refractivity contribution >= 4 is 23.9 Å². The summed E-state index contributed by atoms with van der Waals surface area (Å²) >= 11 is 0. The smallest absolute Gasteiger partial charge is 0.407 e. The fourth-order valence-electron chi connectivity index (χ4n) is 7.61. The van der Waals surface area contributed by atoms with E-state index in [2.05, 4.69) is 32.8 Å². The van der Waals surface area contributed by atoms with Gasteiger partial charge in [-0.05, 0) is 79.2 Å². The first-order valence-corrected chi connectivity index (χ1v) is 20.4. The average molecular weight is 800 g/mol. The molecule has 13 heteroatoms. The van der Waals surface area contributed by atoms with Gasteiger partial charge < -0.3 is 35.6 Å². The number of aryl methyl sites for hydroxylation is 1. The highest BCUT2D eigenvalue weighted by Crippen LogP contribution is 2.29. The number of methoxy groups -OCH3 is 1. The lowest BCUT2D eigenvalue weighted by molar-refractivity contribution is -0.131. The maximum Gasteiger partial charge on any atom is 0.407 e. The van der Waals surface area contributed by atoms with Crippen LogP contribution in [-0.4, -0.2) is 99.3 Å². The molecule has 58 heavy (non-hydrogen) atoms. The minimum absolute atomic E-state index is 0.122. The molecule has 1 aliphatic rings. The summed E-state index contributed by atoms with van der Waals surface area (Å²) in [6.07, 6.45) is 2.43. The molecule has 6 atom stereocenters. The van der Waals surface area contributed by atoms with Gasteiger partial charge in [0.1, 0.15) is 12.1 Å². The third-order valence-corrected chi connectivity index (χ3v) is 10.7. The zero-order valence-corrected chi connectivity index (χ0v) is 35.8.